The Hall–Kier alpha value is -0.000000000000000111. The lowest BCUT2D eigenvalue weighted by Crippen LogP contribution is -2.24. The van der Waals surface area contributed by atoms with Crippen LogP contribution in [0.1, 0.15) is 4.88 Å². The van der Waals surface area contributed by atoms with Crippen molar-refractivity contribution in [3.63, 3.8) is 0 Å². The zero-order chi connectivity index (χ0) is 8.48. The van der Waals surface area contributed by atoms with Crippen molar-refractivity contribution in [3.05, 3.63) is 20.8 Å². The summed E-state index contributed by atoms with van der Waals surface area (Å²) in [7, 11) is 0. The molecule has 0 aromatic carbocycles. The fourth-order valence-electron chi connectivity index (χ4n) is 0.647. The number of alkyl halides is 2. The highest BCUT2D eigenvalue weighted by atomic mass is 79.9. The molecule has 0 radical (unpaired) electrons. The summed E-state index contributed by atoms with van der Waals surface area (Å²) < 4.78 is 26.1. The van der Waals surface area contributed by atoms with E-state index in [-0.39, 0.29) is 4.88 Å². The van der Waals surface area contributed by atoms with Crippen molar-refractivity contribution in [2.45, 2.75) is 5.92 Å². The Morgan fingerprint density at radius 1 is 1.64 bits per heavy atom. The van der Waals surface area contributed by atoms with E-state index in [0.717, 1.165) is 11.3 Å². The van der Waals surface area contributed by atoms with Crippen LogP contribution in [0.3, 0.4) is 0 Å². The van der Waals surface area contributed by atoms with Gasteiger partial charge in [0.1, 0.15) is 0 Å². The van der Waals surface area contributed by atoms with Gasteiger partial charge in [-0.15, -0.1) is 11.3 Å². The third kappa shape index (κ3) is 1.77. The molecule has 1 nitrogen and oxygen atoms in total. The van der Waals surface area contributed by atoms with Crippen LogP contribution in [-0.4, -0.2) is 6.54 Å². The van der Waals surface area contributed by atoms with Crippen LogP contribution < -0.4 is 5.73 Å². The second-order valence-electron chi connectivity index (χ2n) is 2.01. The van der Waals surface area contributed by atoms with Crippen LogP contribution in [0.2, 0.25) is 0 Å². The minimum Gasteiger partial charge on any atom is -0.325 e. The molecule has 2 N–H and O–H groups in total. The van der Waals surface area contributed by atoms with Crippen molar-refractivity contribution in [3.8, 4) is 0 Å². The summed E-state index contributed by atoms with van der Waals surface area (Å²) in [6, 6.07) is 1.59. The van der Waals surface area contributed by atoms with E-state index in [1.165, 1.54) is 0 Å². The molecule has 0 aliphatic carbocycles. The summed E-state index contributed by atoms with van der Waals surface area (Å²) >= 11 is 4.02. The van der Waals surface area contributed by atoms with E-state index >= 15 is 0 Å². The lowest BCUT2D eigenvalue weighted by molar-refractivity contribution is 0.00922. The first-order chi connectivity index (χ1) is 5.08. The number of nitrogens with two attached hydrogens (primary N) is 1. The summed E-state index contributed by atoms with van der Waals surface area (Å²) in [5.41, 5.74) is 4.90. The molecule has 1 aromatic rings. The molecule has 0 amide bonds. The van der Waals surface area contributed by atoms with E-state index in [9.17, 15) is 8.78 Å². The second-order valence-corrected chi connectivity index (χ2v) is 3.78. The number of thiophene rings is 1. The van der Waals surface area contributed by atoms with Crippen molar-refractivity contribution >= 4 is 27.3 Å². The number of rotatable bonds is 2. The van der Waals surface area contributed by atoms with Crippen molar-refractivity contribution in [1.29, 1.82) is 0 Å². The summed E-state index contributed by atoms with van der Waals surface area (Å²) in [6.07, 6.45) is 0. The van der Waals surface area contributed by atoms with Crippen molar-refractivity contribution in [1.82, 2.24) is 0 Å². The quantitative estimate of drug-likeness (QED) is 0.847. The highest BCUT2D eigenvalue weighted by molar-refractivity contribution is 9.10. The van der Waals surface area contributed by atoms with E-state index in [2.05, 4.69) is 15.9 Å². The average molecular weight is 242 g/mol. The molecule has 0 saturated heterocycles. The maximum atomic E-state index is 12.8. The molecule has 1 aromatic heterocycles. The topological polar surface area (TPSA) is 26.0 Å². The van der Waals surface area contributed by atoms with Gasteiger partial charge in [0.2, 0.25) is 0 Å². The van der Waals surface area contributed by atoms with Crippen LogP contribution in [0.15, 0.2) is 15.9 Å². The highest BCUT2D eigenvalue weighted by Crippen LogP contribution is 2.36. The number of halogens is 3. The smallest absolute Gasteiger partial charge is 0.295 e. The molecule has 0 aliphatic rings. The first kappa shape index (κ1) is 9.09. The van der Waals surface area contributed by atoms with Crippen LogP contribution in [0, 0.1) is 0 Å². The SMILES string of the molecule is NCC(F)(F)c1sccc1Br. The summed E-state index contributed by atoms with van der Waals surface area (Å²) in [6.45, 7) is -0.647. The molecule has 0 fully saturated rings. The normalized spacial score (nSPS) is 12.0. The van der Waals surface area contributed by atoms with Crippen molar-refractivity contribution in [2.75, 3.05) is 6.54 Å². The van der Waals surface area contributed by atoms with Gasteiger partial charge < -0.3 is 5.73 Å². The monoisotopic (exact) mass is 241 g/mol. The van der Waals surface area contributed by atoms with E-state index in [0.29, 0.717) is 4.47 Å². The molecule has 1 heterocycles. The molecule has 0 saturated carbocycles. The number of hydrogen-bond donors (Lipinski definition) is 1. The maximum absolute atomic E-state index is 12.8. The molecule has 0 bridgehead atoms. The van der Waals surface area contributed by atoms with Gasteiger partial charge in [-0.3, -0.25) is 0 Å². The first-order valence-electron chi connectivity index (χ1n) is 2.89. The predicted molar refractivity (Wildman–Crippen MR) is 45.0 cm³/mol. The van der Waals surface area contributed by atoms with E-state index in [4.69, 9.17) is 5.73 Å². The first-order valence-corrected chi connectivity index (χ1v) is 4.56. The second kappa shape index (κ2) is 3.16. The Morgan fingerprint density at radius 2 is 2.27 bits per heavy atom. The minimum atomic E-state index is -2.90. The zero-order valence-corrected chi connectivity index (χ0v) is 7.88. The third-order valence-electron chi connectivity index (χ3n) is 1.21. The Kier molecular flexibility index (Phi) is 2.61. The standard InChI is InChI=1S/C6H6BrF2NS/c7-4-1-2-11-5(4)6(8,9)3-10/h1-2H,3,10H2. The lowest BCUT2D eigenvalue weighted by atomic mass is 10.3. The van der Waals surface area contributed by atoms with Gasteiger partial charge in [-0.2, -0.15) is 8.78 Å². The predicted octanol–water partition coefficient (Wildman–Crippen LogP) is 2.56. The molecular weight excluding hydrogens is 236 g/mol. The molecule has 5 heteroatoms. The summed E-state index contributed by atoms with van der Waals surface area (Å²) in [4.78, 5) is 0. The van der Waals surface area contributed by atoms with Gasteiger partial charge in [0.05, 0.1) is 11.4 Å². The largest absolute Gasteiger partial charge is 0.325 e. The fourth-order valence-corrected chi connectivity index (χ4v) is 2.30. The van der Waals surface area contributed by atoms with Gasteiger partial charge in [0.25, 0.3) is 5.92 Å². The van der Waals surface area contributed by atoms with Gasteiger partial charge in [-0.05, 0) is 27.4 Å². The molecular formula is C6H6BrF2NS. The van der Waals surface area contributed by atoms with E-state index < -0.39 is 12.5 Å². The highest BCUT2D eigenvalue weighted by Gasteiger charge is 2.32. The van der Waals surface area contributed by atoms with E-state index in [1.807, 2.05) is 0 Å². The molecule has 0 aliphatic heterocycles. The van der Waals surface area contributed by atoms with Crippen LogP contribution in [-0.2, 0) is 5.92 Å². The molecule has 11 heavy (non-hydrogen) atoms. The minimum absolute atomic E-state index is 0. The zero-order valence-electron chi connectivity index (χ0n) is 5.48. The van der Waals surface area contributed by atoms with Gasteiger partial charge in [0, 0.05) is 4.47 Å². The molecule has 62 valence electrons. The Morgan fingerprint density at radius 3 is 2.64 bits per heavy atom. The van der Waals surface area contributed by atoms with Gasteiger partial charge in [0.15, 0.2) is 0 Å². The van der Waals surface area contributed by atoms with Crippen LogP contribution >= 0.6 is 27.3 Å². The Bertz CT molecular complexity index is 248. The lowest BCUT2D eigenvalue weighted by Gasteiger charge is -2.11. The van der Waals surface area contributed by atoms with Crippen LogP contribution in [0.4, 0.5) is 8.78 Å². The fraction of sp³-hybridized carbons (Fsp3) is 0.333. The van der Waals surface area contributed by atoms with Crippen LogP contribution in [0.5, 0.6) is 0 Å². The Balaban J connectivity index is 3.00. The molecule has 0 spiro atoms. The van der Waals surface area contributed by atoms with Crippen molar-refractivity contribution in [2.24, 2.45) is 5.73 Å². The number of hydrogen-bond acceptors (Lipinski definition) is 2. The van der Waals surface area contributed by atoms with Crippen LogP contribution in [0.25, 0.3) is 0 Å². The average Bonchev–Trinajstić information content (AvgIpc) is 2.36. The van der Waals surface area contributed by atoms with Crippen molar-refractivity contribution < 1.29 is 8.78 Å². The maximum Gasteiger partial charge on any atom is 0.295 e. The molecule has 1 rings (SSSR count). The summed E-state index contributed by atoms with van der Waals surface area (Å²) in [5, 5.41) is 1.60. The Labute approximate surface area is 75.3 Å². The van der Waals surface area contributed by atoms with Gasteiger partial charge in [-0.1, -0.05) is 0 Å². The van der Waals surface area contributed by atoms with Gasteiger partial charge >= 0.3 is 0 Å². The summed E-state index contributed by atoms with van der Waals surface area (Å²) in [5.74, 6) is -2.90. The van der Waals surface area contributed by atoms with E-state index in [1.54, 1.807) is 11.4 Å². The molecule has 0 unspecified atom stereocenters. The molecule has 0 atom stereocenters. The van der Waals surface area contributed by atoms with Gasteiger partial charge in [-0.25, -0.2) is 0 Å². The third-order valence-corrected chi connectivity index (χ3v) is 3.16.